The quantitative estimate of drug-likeness (QED) is 0.793. The first-order valence-electron chi connectivity index (χ1n) is 6.87. The number of para-hydroxylation sites is 2. The topological polar surface area (TPSA) is 71.2 Å². The summed E-state index contributed by atoms with van der Waals surface area (Å²) in [4.78, 5) is 17.9. The molecule has 0 saturated heterocycles. The van der Waals surface area contributed by atoms with E-state index in [-0.39, 0.29) is 5.91 Å². The number of benzene rings is 1. The van der Waals surface area contributed by atoms with Crippen molar-refractivity contribution in [3.8, 4) is 0 Å². The van der Waals surface area contributed by atoms with Crippen molar-refractivity contribution in [1.82, 2.24) is 9.88 Å². The molecule has 1 heterocycles. The molecule has 0 radical (unpaired) electrons. The van der Waals surface area contributed by atoms with Gasteiger partial charge in [0.2, 0.25) is 5.91 Å². The summed E-state index contributed by atoms with van der Waals surface area (Å²) in [5.41, 5.74) is 8.24. The smallest absolute Gasteiger partial charge is 0.238 e. The molecule has 0 aliphatic carbocycles. The number of rotatable bonds is 6. The minimum atomic E-state index is -0.0647. The second-order valence-corrected chi connectivity index (χ2v) is 4.98. The molecular formula is C16H20N4O. The molecule has 21 heavy (non-hydrogen) atoms. The molecule has 0 fully saturated rings. The van der Waals surface area contributed by atoms with Crippen molar-refractivity contribution in [2.45, 2.75) is 6.42 Å². The number of hydrogen-bond acceptors (Lipinski definition) is 4. The fourth-order valence-electron chi connectivity index (χ4n) is 1.99. The van der Waals surface area contributed by atoms with Crippen molar-refractivity contribution < 1.29 is 4.79 Å². The van der Waals surface area contributed by atoms with Gasteiger partial charge in [0.05, 0.1) is 17.9 Å². The van der Waals surface area contributed by atoms with Gasteiger partial charge in [-0.1, -0.05) is 12.1 Å². The van der Waals surface area contributed by atoms with Crippen LogP contribution in [0.4, 0.5) is 11.4 Å². The number of pyridine rings is 1. The lowest BCUT2D eigenvalue weighted by atomic mass is 10.2. The molecule has 3 N–H and O–H groups in total. The SMILES string of the molecule is CN(CCc1ccncc1)CC(=O)Nc1ccccc1N. The molecule has 2 rings (SSSR count). The third-order valence-electron chi connectivity index (χ3n) is 3.18. The number of nitrogens with two attached hydrogens (primary N) is 1. The Morgan fingerprint density at radius 1 is 1.24 bits per heavy atom. The van der Waals surface area contributed by atoms with Gasteiger partial charge in [-0.3, -0.25) is 14.7 Å². The van der Waals surface area contributed by atoms with Crippen LogP contribution < -0.4 is 11.1 Å². The molecule has 5 heteroatoms. The fourth-order valence-corrected chi connectivity index (χ4v) is 1.99. The number of likely N-dealkylation sites (N-methyl/N-ethyl adjacent to an activating group) is 1. The minimum Gasteiger partial charge on any atom is -0.397 e. The monoisotopic (exact) mass is 284 g/mol. The van der Waals surface area contributed by atoms with E-state index in [1.807, 2.05) is 36.2 Å². The third kappa shape index (κ3) is 4.89. The van der Waals surface area contributed by atoms with Crippen LogP contribution in [0.3, 0.4) is 0 Å². The number of nitrogen functional groups attached to an aromatic ring is 1. The fraction of sp³-hybridized carbons (Fsp3) is 0.250. The molecule has 0 bridgehead atoms. The van der Waals surface area contributed by atoms with E-state index in [2.05, 4.69) is 10.3 Å². The molecule has 0 aliphatic heterocycles. The van der Waals surface area contributed by atoms with Crippen LogP contribution in [-0.4, -0.2) is 35.9 Å². The van der Waals surface area contributed by atoms with Crippen molar-refractivity contribution in [2.24, 2.45) is 0 Å². The van der Waals surface area contributed by atoms with Gasteiger partial charge < -0.3 is 11.1 Å². The predicted molar refractivity (Wildman–Crippen MR) is 84.9 cm³/mol. The van der Waals surface area contributed by atoms with Crippen molar-refractivity contribution in [2.75, 3.05) is 31.2 Å². The highest BCUT2D eigenvalue weighted by atomic mass is 16.2. The summed E-state index contributed by atoms with van der Waals surface area (Å²) in [5.74, 6) is -0.0647. The molecule has 2 aromatic rings. The Morgan fingerprint density at radius 3 is 2.67 bits per heavy atom. The summed E-state index contributed by atoms with van der Waals surface area (Å²) in [7, 11) is 1.93. The van der Waals surface area contributed by atoms with Crippen LogP contribution >= 0.6 is 0 Å². The van der Waals surface area contributed by atoms with Gasteiger partial charge in [-0.2, -0.15) is 0 Å². The molecule has 0 spiro atoms. The highest BCUT2D eigenvalue weighted by Gasteiger charge is 2.08. The predicted octanol–water partition coefficient (Wildman–Crippen LogP) is 1.78. The summed E-state index contributed by atoms with van der Waals surface area (Å²) in [6.45, 7) is 1.14. The van der Waals surface area contributed by atoms with Gasteiger partial charge in [0.25, 0.3) is 0 Å². The van der Waals surface area contributed by atoms with E-state index in [0.717, 1.165) is 13.0 Å². The van der Waals surface area contributed by atoms with Crippen molar-refractivity contribution >= 4 is 17.3 Å². The maximum atomic E-state index is 12.0. The highest BCUT2D eigenvalue weighted by molar-refractivity contribution is 5.95. The van der Waals surface area contributed by atoms with Gasteiger partial charge in [-0.15, -0.1) is 0 Å². The Bertz CT molecular complexity index is 586. The number of hydrogen-bond donors (Lipinski definition) is 2. The number of carbonyl (C=O) groups is 1. The van der Waals surface area contributed by atoms with Gasteiger partial charge in [-0.25, -0.2) is 0 Å². The molecule has 110 valence electrons. The van der Waals surface area contributed by atoms with E-state index in [1.165, 1.54) is 5.56 Å². The van der Waals surface area contributed by atoms with E-state index in [9.17, 15) is 4.79 Å². The van der Waals surface area contributed by atoms with E-state index in [4.69, 9.17) is 5.73 Å². The summed E-state index contributed by atoms with van der Waals surface area (Å²) < 4.78 is 0. The summed E-state index contributed by atoms with van der Waals surface area (Å²) in [6, 6.07) is 11.2. The second kappa shape index (κ2) is 7.40. The van der Waals surface area contributed by atoms with Crippen LogP contribution in [0.2, 0.25) is 0 Å². The van der Waals surface area contributed by atoms with Gasteiger partial charge in [0.1, 0.15) is 0 Å². The highest BCUT2D eigenvalue weighted by Crippen LogP contribution is 2.16. The van der Waals surface area contributed by atoms with Gasteiger partial charge in [0.15, 0.2) is 0 Å². The van der Waals surface area contributed by atoms with E-state index in [1.54, 1.807) is 24.5 Å². The number of amides is 1. The first-order valence-corrected chi connectivity index (χ1v) is 6.87. The van der Waals surface area contributed by atoms with Crippen molar-refractivity contribution in [1.29, 1.82) is 0 Å². The van der Waals surface area contributed by atoms with Gasteiger partial charge >= 0.3 is 0 Å². The third-order valence-corrected chi connectivity index (χ3v) is 3.18. The molecule has 5 nitrogen and oxygen atoms in total. The van der Waals surface area contributed by atoms with Crippen LogP contribution in [0.5, 0.6) is 0 Å². The number of anilines is 2. The van der Waals surface area contributed by atoms with E-state index in [0.29, 0.717) is 17.9 Å². The number of nitrogens with zero attached hydrogens (tertiary/aromatic N) is 2. The lowest BCUT2D eigenvalue weighted by Crippen LogP contribution is -2.31. The maximum absolute atomic E-state index is 12.0. The molecular weight excluding hydrogens is 264 g/mol. The standard InChI is InChI=1S/C16H20N4O/c1-20(11-8-13-6-9-18-10-7-13)12-16(21)19-15-5-3-2-4-14(15)17/h2-7,9-10H,8,11-12,17H2,1H3,(H,19,21). The number of nitrogens with one attached hydrogen (secondary N) is 1. The summed E-state index contributed by atoms with van der Waals surface area (Å²) in [5, 5.41) is 2.82. The zero-order chi connectivity index (χ0) is 15.1. The summed E-state index contributed by atoms with van der Waals surface area (Å²) in [6.07, 6.45) is 4.44. The Hall–Kier alpha value is -2.40. The molecule has 0 atom stereocenters. The van der Waals surface area contributed by atoms with Gasteiger partial charge in [0, 0.05) is 18.9 Å². The van der Waals surface area contributed by atoms with Crippen LogP contribution in [0.1, 0.15) is 5.56 Å². The lowest BCUT2D eigenvalue weighted by Gasteiger charge is -2.16. The molecule has 1 aromatic heterocycles. The largest absolute Gasteiger partial charge is 0.397 e. The van der Waals surface area contributed by atoms with Crippen LogP contribution in [0, 0.1) is 0 Å². The average molecular weight is 284 g/mol. The zero-order valence-electron chi connectivity index (χ0n) is 12.1. The van der Waals surface area contributed by atoms with Crippen LogP contribution in [-0.2, 0) is 11.2 Å². The molecule has 1 aromatic carbocycles. The minimum absolute atomic E-state index is 0.0647. The Balaban J connectivity index is 1.78. The molecule has 0 aliphatic rings. The van der Waals surface area contributed by atoms with E-state index < -0.39 is 0 Å². The molecule has 1 amide bonds. The maximum Gasteiger partial charge on any atom is 0.238 e. The average Bonchev–Trinajstić information content (AvgIpc) is 2.48. The van der Waals surface area contributed by atoms with Crippen LogP contribution in [0.15, 0.2) is 48.8 Å². The Morgan fingerprint density at radius 2 is 1.95 bits per heavy atom. The molecule has 0 unspecified atom stereocenters. The Kier molecular flexibility index (Phi) is 5.29. The zero-order valence-corrected chi connectivity index (χ0v) is 12.1. The normalized spacial score (nSPS) is 10.6. The second-order valence-electron chi connectivity index (χ2n) is 4.98. The van der Waals surface area contributed by atoms with Crippen molar-refractivity contribution in [3.63, 3.8) is 0 Å². The van der Waals surface area contributed by atoms with Crippen molar-refractivity contribution in [3.05, 3.63) is 54.4 Å². The van der Waals surface area contributed by atoms with E-state index >= 15 is 0 Å². The molecule has 0 saturated carbocycles. The summed E-state index contributed by atoms with van der Waals surface area (Å²) >= 11 is 0. The first-order chi connectivity index (χ1) is 10.1. The number of carbonyl (C=O) groups excluding carboxylic acids is 1. The Labute approximate surface area is 124 Å². The first kappa shape index (κ1) is 15.0. The lowest BCUT2D eigenvalue weighted by molar-refractivity contribution is -0.117. The number of aromatic nitrogens is 1. The van der Waals surface area contributed by atoms with Gasteiger partial charge in [-0.05, 0) is 43.3 Å². The van der Waals surface area contributed by atoms with Crippen LogP contribution in [0.25, 0.3) is 0 Å².